The van der Waals surface area contributed by atoms with Crippen LogP contribution in [-0.2, 0) is 15.6 Å². The average Bonchev–Trinajstić information content (AvgIpc) is 3.05. The summed E-state index contributed by atoms with van der Waals surface area (Å²) in [7, 11) is -3.38. The summed E-state index contributed by atoms with van der Waals surface area (Å²) in [5.74, 6) is 0.476. The monoisotopic (exact) mass is 476 g/mol. The Morgan fingerprint density at radius 2 is 1.97 bits per heavy atom. The molecule has 1 aliphatic heterocycles. The highest BCUT2D eigenvalue weighted by Gasteiger charge is 2.32. The molecule has 1 aromatic carbocycles. The number of nitrogens with one attached hydrogen (secondary N) is 1. The summed E-state index contributed by atoms with van der Waals surface area (Å²) in [5, 5.41) is 13.5. The van der Waals surface area contributed by atoms with Crippen molar-refractivity contribution in [3.8, 4) is 11.3 Å². The molecule has 1 fully saturated rings. The third-order valence-corrected chi connectivity index (χ3v) is 7.11. The third kappa shape index (κ3) is 4.71. The highest BCUT2D eigenvalue weighted by Crippen LogP contribution is 2.30. The van der Waals surface area contributed by atoms with E-state index in [1.807, 2.05) is 19.1 Å². The first-order valence-corrected chi connectivity index (χ1v) is 12.6. The Balaban J connectivity index is 1.64. The van der Waals surface area contributed by atoms with Crippen molar-refractivity contribution in [2.75, 3.05) is 24.7 Å². The van der Waals surface area contributed by atoms with Crippen LogP contribution in [0.4, 0.5) is 10.3 Å². The number of hydrogen-bond donors (Lipinski definition) is 2. The largest absolute Gasteiger partial charge is 0.390 e. The van der Waals surface area contributed by atoms with Crippen molar-refractivity contribution in [1.29, 1.82) is 0 Å². The molecule has 0 bridgehead atoms. The minimum Gasteiger partial charge on any atom is -0.390 e. The summed E-state index contributed by atoms with van der Waals surface area (Å²) in [6.07, 6.45) is 1.65. The molecule has 0 spiro atoms. The van der Waals surface area contributed by atoms with Gasteiger partial charge in [-0.15, -0.1) is 0 Å². The zero-order valence-electron chi connectivity index (χ0n) is 19.4. The number of β-amino-alcohol motifs (C(OH)–C–C–N with tert-alkyl or cyclic N) is 1. The Hall–Kier alpha value is -2.63. The van der Waals surface area contributed by atoms with Crippen LogP contribution in [0.25, 0.3) is 22.3 Å². The molecule has 4 rings (SSSR count). The van der Waals surface area contributed by atoms with Gasteiger partial charge in [0.15, 0.2) is 5.82 Å². The molecule has 1 aliphatic rings. The van der Waals surface area contributed by atoms with Crippen LogP contribution in [0.2, 0.25) is 0 Å². The predicted molar refractivity (Wildman–Crippen MR) is 125 cm³/mol. The molecule has 2 aromatic heterocycles. The molecule has 9 nitrogen and oxygen atoms in total. The van der Waals surface area contributed by atoms with E-state index in [9.17, 15) is 17.9 Å². The second kappa shape index (κ2) is 8.30. The van der Waals surface area contributed by atoms with E-state index < -0.39 is 28.0 Å². The van der Waals surface area contributed by atoms with Crippen molar-refractivity contribution in [2.45, 2.75) is 51.8 Å². The van der Waals surface area contributed by atoms with Crippen molar-refractivity contribution < 1.29 is 17.9 Å². The maximum Gasteiger partial charge on any atom is 0.223 e. The van der Waals surface area contributed by atoms with Crippen molar-refractivity contribution >= 4 is 27.0 Å². The first-order chi connectivity index (χ1) is 15.3. The van der Waals surface area contributed by atoms with Gasteiger partial charge in [0.2, 0.25) is 16.0 Å². The SMILES string of the molecule is Cc1nc2ccc(-c3nc(N[C@@H]4CCN(S(C)(=O)=O)C[C@H]4O)ncc3F)cc2n1C(C)(C)C. The van der Waals surface area contributed by atoms with Gasteiger partial charge >= 0.3 is 0 Å². The highest BCUT2D eigenvalue weighted by molar-refractivity contribution is 7.88. The van der Waals surface area contributed by atoms with Crippen LogP contribution in [0.5, 0.6) is 0 Å². The lowest BCUT2D eigenvalue weighted by atomic mass is 10.0. The van der Waals surface area contributed by atoms with E-state index in [1.165, 1.54) is 4.31 Å². The molecule has 0 radical (unpaired) electrons. The molecule has 3 aromatic rings. The first kappa shape index (κ1) is 23.5. The minimum atomic E-state index is -3.38. The number of benzene rings is 1. The van der Waals surface area contributed by atoms with Crippen molar-refractivity contribution in [3.63, 3.8) is 0 Å². The van der Waals surface area contributed by atoms with E-state index in [0.29, 0.717) is 12.0 Å². The summed E-state index contributed by atoms with van der Waals surface area (Å²) < 4.78 is 41.6. The summed E-state index contributed by atoms with van der Waals surface area (Å²) in [4.78, 5) is 13.0. The Kier molecular flexibility index (Phi) is 5.92. The Labute approximate surface area is 192 Å². The van der Waals surface area contributed by atoms with E-state index in [-0.39, 0.29) is 30.3 Å². The molecule has 11 heteroatoms. The molecular formula is C22H29FN6O3S. The van der Waals surface area contributed by atoms with Gasteiger partial charge in [-0.3, -0.25) is 0 Å². The zero-order valence-corrected chi connectivity index (χ0v) is 20.2. The maximum atomic E-state index is 14.7. The number of piperidine rings is 1. The number of aryl methyl sites for hydroxylation is 1. The molecule has 178 valence electrons. The molecule has 0 amide bonds. The fourth-order valence-corrected chi connectivity index (χ4v) is 5.23. The number of aliphatic hydroxyl groups excluding tert-OH is 1. The van der Waals surface area contributed by atoms with Gasteiger partial charge in [-0.1, -0.05) is 6.07 Å². The van der Waals surface area contributed by atoms with Crippen molar-refractivity contribution in [3.05, 3.63) is 36.0 Å². The van der Waals surface area contributed by atoms with Gasteiger partial charge in [0.25, 0.3) is 0 Å². The van der Waals surface area contributed by atoms with Crippen molar-refractivity contribution in [2.24, 2.45) is 0 Å². The third-order valence-electron chi connectivity index (χ3n) is 5.84. The lowest BCUT2D eigenvalue weighted by Crippen LogP contribution is -2.51. The molecule has 1 saturated heterocycles. The Morgan fingerprint density at radius 3 is 2.61 bits per heavy atom. The molecule has 0 aliphatic carbocycles. The van der Waals surface area contributed by atoms with Gasteiger partial charge in [-0.25, -0.2) is 27.8 Å². The Bertz CT molecular complexity index is 1300. The van der Waals surface area contributed by atoms with Crippen LogP contribution in [0, 0.1) is 12.7 Å². The second-order valence-electron chi connectivity index (χ2n) is 9.49. The summed E-state index contributed by atoms with van der Waals surface area (Å²) in [6, 6.07) is 5.04. The number of imidazole rings is 1. The normalized spacial score (nSPS) is 20.3. The van der Waals surface area contributed by atoms with Crippen LogP contribution in [-0.4, -0.2) is 68.8 Å². The summed E-state index contributed by atoms with van der Waals surface area (Å²) in [5.41, 5.74) is 2.22. The van der Waals surface area contributed by atoms with Gasteiger partial charge in [0, 0.05) is 24.2 Å². The topological polar surface area (TPSA) is 113 Å². The first-order valence-electron chi connectivity index (χ1n) is 10.8. The number of aliphatic hydroxyl groups is 1. The summed E-state index contributed by atoms with van der Waals surface area (Å²) in [6.45, 7) is 8.45. The molecule has 0 unspecified atom stereocenters. The van der Waals surface area contributed by atoms with E-state index in [1.54, 1.807) is 6.07 Å². The molecule has 2 atom stereocenters. The van der Waals surface area contributed by atoms with E-state index >= 15 is 0 Å². The lowest BCUT2D eigenvalue weighted by molar-refractivity contribution is 0.0950. The average molecular weight is 477 g/mol. The number of fused-ring (bicyclic) bond motifs is 1. The van der Waals surface area contributed by atoms with E-state index in [2.05, 4.69) is 45.6 Å². The molecular weight excluding hydrogens is 447 g/mol. The number of rotatable bonds is 4. The van der Waals surface area contributed by atoms with Gasteiger partial charge in [-0.2, -0.15) is 4.31 Å². The highest BCUT2D eigenvalue weighted by atomic mass is 32.2. The van der Waals surface area contributed by atoms with Crippen LogP contribution in [0.3, 0.4) is 0 Å². The smallest absolute Gasteiger partial charge is 0.223 e. The number of nitrogens with zero attached hydrogens (tertiary/aromatic N) is 5. The van der Waals surface area contributed by atoms with Crippen molar-refractivity contribution in [1.82, 2.24) is 23.8 Å². The van der Waals surface area contributed by atoms with E-state index in [0.717, 1.165) is 29.3 Å². The van der Waals surface area contributed by atoms with Crippen LogP contribution < -0.4 is 5.32 Å². The molecule has 0 saturated carbocycles. The van der Waals surface area contributed by atoms with E-state index in [4.69, 9.17) is 0 Å². The summed E-state index contributed by atoms with van der Waals surface area (Å²) >= 11 is 0. The number of halogens is 1. The van der Waals surface area contributed by atoms with Gasteiger partial charge in [0.05, 0.1) is 35.6 Å². The zero-order chi connectivity index (χ0) is 24.1. The minimum absolute atomic E-state index is 0.0165. The van der Waals surface area contributed by atoms with Gasteiger partial charge in [-0.05, 0) is 46.2 Å². The predicted octanol–water partition coefficient (Wildman–Crippen LogP) is 2.50. The van der Waals surface area contributed by atoms with Crippen LogP contribution >= 0.6 is 0 Å². The lowest BCUT2D eigenvalue weighted by Gasteiger charge is -2.34. The molecule has 2 N–H and O–H groups in total. The maximum absolute atomic E-state index is 14.7. The quantitative estimate of drug-likeness (QED) is 0.595. The van der Waals surface area contributed by atoms with Crippen LogP contribution in [0.15, 0.2) is 24.4 Å². The number of aromatic nitrogens is 4. The van der Waals surface area contributed by atoms with Gasteiger partial charge in [0.1, 0.15) is 11.5 Å². The number of hydrogen-bond acceptors (Lipinski definition) is 7. The fraction of sp³-hybridized carbons (Fsp3) is 0.500. The van der Waals surface area contributed by atoms with Gasteiger partial charge < -0.3 is 15.0 Å². The molecule has 3 heterocycles. The van der Waals surface area contributed by atoms with Crippen LogP contribution in [0.1, 0.15) is 33.0 Å². The Morgan fingerprint density at radius 1 is 1.24 bits per heavy atom. The number of anilines is 1. The second-order valence-corrected chi connectivity index (χ2v) is 11.5. The number of sulfonamides is 1. The fourth-order valence-electron chi connectivity index (χ4n) is 4.37. The standard InChI is InChI=1S/C22H29FN6O3S/c1-13-25-16-7-6-14(10-18(16)29(13)22(2,3)4)20-15(23)11-24-21(27-20)26-17-8-9-28(12-19(17)30)33(5,31)32/h6-7,10-11,17,19,30H,8-9,12H2,1-5H3,(H,24,26,27)/t17-,19-/m1/s1. The molecule has 33 heavy (non-hydrogen) atoms.